The fraction of sp³-hybridized carbons (Fsp3) is 0.462. The molecule has 1 fully saturated rings. The van der Waals surface area contributed by atoms with Crippen LogP contribution in [0.15, 0.2) is 34.2 Å². The Morgan fingerprint density at radius 2 is 2.11 bits per heavy atom. The SMILES string of the molecule is CC(CC1CC1)N=C1NS(=O)(=O)c2ccccc21. The Morgan fingerprint density at radius 3 is 2.83 bits per heavy atom. The summed E-state index contributed by atoms with van der Waals surface area (Å²) in [6.45, 7) is 2.04. The zero-order valence-corrected chi connectivity index (χ0v) is 11.1. The van der Waals surface area contributed by atoms with Gasteiger partial charge in [0.25, 0.3) is 10.0 Å². The summed E-state index contributed by atoms with van der Waals surface area (Å²) in [5.74, 6) is 1.29. The van der Waals surface area contributed by atoms with Crippen molar-refractivity contribution in [2.24, 2.45) is 10.9 Å². The molecule has 0 amide bonds. The van der Waals surface area contributed by atoms with E-state index in [-0.39, 0.29) is 6.04 Å². The van der Waals surface area contributed by atoms with Crippen molar-refractivity contribution in [1.82, 2.24) is 4.72 Å². The number of nitrogens with zero attached hydrogens (tertiary/aromatic N) is 1. The third-order valence-corrected chi connectivity index (χ3v) is 4.78. The monoisotopic (exact) mass is 264 g/mol. The van der Waals surface area contributed by atoms with Gasteiger partial charge in [-0.25, -0.2) is 8.42 Å². The quantitative estimate of drug-likeness (QED) is 0.906. The summed E-state index contributed by atoms with van der Waals surface area (Å²) < 4.78 is 26.3. The van der Waals surface area contributed by atoms with Crippen molar-refractivity contribution in [2.45, 2.75) is 37.1 Å². The van der Waals surface area contributed by atoms with Crippen LogP contribution in [0.3, 0.4) is 0 Å². The molecule has 2 aliphatic rings. The molecule has 96 valence electrons. The zero-order valence-electron chi connectivity index (χ0n) is 10.3. The maximum Gasteiger partial charge on any atom is 0.263 e. The Morgan fingerprint density at radius 1 is 1.39 bits per heavy atom. The minimum absolute atomic E-state index is 0.168. The van der Waals surface area contributed by atoms with Crippen molar-refractivity contribution < 1.29 is 8.42 Å². The van der Waals surface area contributed by atoms with Crippen molar-refractivity contribution >= 4 is 15.9 Å². The maximum absolute atomic E-state index is 11.9. The first-order valence-electron chi connectivity index (χ1n) is 6.26. The highest BCUT2D eigenvalue weighted by Gasteiger charge is 2.31. The molecule has 1 N–H and O–H groups in total. The molecular formula is C13H16N2O2S. The lowest BCUT2D eigenvalue weighted by atomic mass is 10.1. The van der Waals surface area contributed by atoms with E-state index in [9.17, 15) is 8.42 Å². The van der Waals surface area contributed by atoms with Gasteiger partial charge in [-0.1, -0.05) is 25.0 Å². The van der Waals surface area contributed by atoms with E-state index in [0.29, 0.717) is 16.3 Å². The minimum atomic E-state index is -3.39. The van der Waals surface area contributed by atoms with E-state index in [1.54, 1.807) is 18.2 Å². The van der Waals surface area contributed by atoms with Crippen LogP contribution in [-0.2, 0) is 10.0 Å². The second kappa shape index (κ2) is 4.09. The van der Waals surface area contributed by atoms with E-state index in [1.807, 2.05) is 13.0 Å². The number of benzene rings is 1. The van der Waals surface area contributed by atoms with Gasteiger partial charge in [-0.2, -0.15) is 0 Å². The van der Waals surface area contributed by atoms with Crippen molar-refractivity contribution in [2.75, 3.05) is 0 Å². The largest absolute Gasteiger partial charge is 0.264 e. The van der Waals surface area contributed by atoms with E-state index in [1.165, 1.54) is 12.8 Å². The molecule has 1 aliphatic heterocycles. The lowest BCUT2D eigenvalue weighted by molar-refractivity contribution is 0.594. The summed E-state index contributed by atoms with van der Waals surface area (Å²) in [6.07, 6.45) is 3.63. The first kappa shape index (κ1) is 11.7. The Kier molecular flexibility index (Phi) is 2.66. The maximum atomic E-state index is 11.9. The standard InChI is InChI=1S/C13H16N2O2S/c1-9(8-10-6-7-10)14-13-11-4-2-3-5-12(11)18(16,17)15-13/h2-5,9-10H,6-8H2,1H3,(H,14,15). The van der Waals surface area contributed by atoms with Gasteiger partial charge in [0.1, 0.15) is 5.84 Å². The molecule has 1 aliphatic carbocycles. The van der Waals surface area contributed by atoms with Crippen molar-refractivity contribution in [1.29, 1.82) is 0 Å². The highest BCUT2D eigenvalue weighted by molar-refractivity contribution is 7.90. The number of hydrogen-bond acceptors (Lipinski definition) is 3. The summed E-state index contributed by atoms with van der Waals surface area (Å²) >= 11 is 0. The molecule has 0 saturated heterocycles. The molecule has 1 aromatic carbocycles. The van der Waals surface area contributed by atoms with Crippen LogP contribution < -0.4 is 4.72 Å². The highest BCUT2D eigenvalue weighted by Crippen LogP contribution is 2.34. The topological polar surface area (TPSA) is 58.5 Å². The summed E-state index contributed by atoms with van der Waals surface area (Å²) in [6, 6.07) is 7.15. The Bertz CT molecular complexity index is 603. The number of fused-ring (bicyclic) bond motifs is 1. The van der Waals surface area contributed by atoms with Gasteiger partial charge < -0.3 is 0 Å². The van der Waals surface area contributed by atoms with Gasteiger partial charge in [0.05, 0.1) is 4.90 Å². The molecule has 1 aromatic rings. The Balaban J connectivity index is 1.92. The number of amidine groups is 1. The molecule has 0 bridgehead atoms. The first-order chi connectivity index (χ1) is 8.56. The van der Waals surface area contributed by atoms with E-state index >= 15 is 0 Å². The zero-order chi connectivity index (χ0) is 12.8. The van der Waals surface area contributed by atoms with Crippen molar-refractivity contribution in [3.05, 3.63) is 29.8 Å². The molecule has 0 spiro atoms. The average Bonchev–Trinajstić information content (AvgIpc) is 3.07. The molecule has 1 heterocycles. The average molecular weight is 264 g/mol. The van der Waals surface area contributed by atoms with E-state index in [2.05, 4.69) is 9.71 Å². The van der Waals surface area contributed by atoms with Crippen molar-refractivity contribution in [3.63, 3.8) is 0 Å². The Hall–Kier alpha value is -1.36. The predicted molar refractivity (Wildman–Crippen MR) is 70.1 cm³/mol. The van der Waals surface area contributed by atoms with Gasteiger partial charge in [0, 0.05) is 11.6 Å². The molecule has 4 nitrogen and oxygen atoms in total. The van der Waals surface area contributed by atoms with Crippen LogP contribution in [0.5, 0.6) is 0 Å². The van der Waals surface area contributed by atoms with Gasteiger partial charge in [-0.3, -0.25) is 9.71 Å². The molecular weight excluding hydrogens is 248 g/mol. The summed E-state index contributed by atoms with van der Waals surface area (Å²) in [4.78, 5) is 4.85. The number of hydrogen-bond donors (Lipinski definition) is 1. The predicted octanol–water partition coefficient (Wildman–Crippen LogP) is 1.91. The Labute approximate surface area is 107 Å². The highest BCUT2D eigenvalue weighted by atomic mass is 32.2. The number of rotatable bonds is 3. The van der Waals surface area contributed by atoms with Crippen LogP contribution >= 0.6 is 0 Å². The number of nitrogens with one attached hydrogen (secondary N) is 1. The molecule has 1 atom stereocenters. The molecule has 0 radical (unpaired) electrons. The lowest BCUT2D eigenvalue weighted by Crippen LogP contribution is -2.23. The first-order valence-corrected chi connectivity index (χ1v) is 7.74. The minimum Gasteiger partial charge on any atom is -0.264 e. The van der Waals surface area contributed by atoms with Gasteiger partial charge in [-0.05, 0) is 31.4 Å². The normalized spacial score (nSPS) is 24.6. The second-order valence-electron chi connectivity index (χ2n) is 5.11. The summed E-state index contributed by atoms with van der Waals surface area (Å²) in [7, 11) is -3.39. The van der Waals surface area contributed by atoms with Crippen LogP contribution in [0, 0.1) is 5.92 Å². The molecule has 1 unspecified atom stereocenters. The molecule has 18 heavy (non-hydrogen) atoms. The smallest absolute Gasteiger partial charge is 0.263 e. The van der Waals surface area contributed by atoms with Gasteiger partial charge in [-0.15, -0.1) is 0 Å². The van der Waals surface area contributed by atoms with Crippen LogP contribution in [0.1, 0.15) is 31.7 Å². The van der Waals surface area contributed by atoms with Crippen LogP contribution in [0.2, 0.25) is 0 Å². The van der Waals surface area contributed by atoms with Gasteiger partial charge in [0.2, 0.25) is 0 Å². The number of aliphatic imine (C=N–C) groups is 1. The van der Waals surface area contributed by atoms with Crippen LogP contribution in [-0.4, -0.2) is 20.3 Å². The fourth-order valence-corrected chi connectivity index (χ4v) is 3.58. The van der Waals surface area contributed by atoms with Gasteiger partial charge >= 0.3 is 0 Å². The molecule has 3 rings (SSSR count). The van der Waals surface area contributed by atoms with Crippen molar-refractivity contribution in [3.8, 4) is 0 Å². The summed E-state index contributed by atoms with van der Waals surface area (Å²) in [5.41, 5.74) is 0.695. The molecule has 1 saturated carbocycles. The molecule has 0 aromatic heterocycles. The van der Waals surface area contributed by atoms with Crippen LogP contribution in [0.4, 0.5) is 0 Å². The third-order valence-electron chi connectivity index (χ3n) is 3.38. The fourth-order valence-electron chi connectivity index (χ4n) is 2.34. The summed E-state index contributed by atoms with van der Waals surface area (Å²) in [5, 5.41) is 0. The lowest BCUT2D eigenvalue weighted by Gasteiger charge is -2.06. The number of sulfonamides is 1. The van der Waals surface area contributed by atoms with Gasteiger partial charge in [0.15, 0.2) is 0 Å². The van der Waals surface area contributed by atoms with Crippen LogP contribution in [0.25, 0.3) is 0 Å². The van der Waals surface area contributed by atoms with E-state index < -0.39 is 10.0 Å². The third kappa shape index (κ3) is 2.14. The second-order valence-corrected chi connectivity index (χ2v) is 6.76. The van der Waals surface area contributed by atoms with E-state index in [4.69, 9.17) is 0 Å². The van der Waals surface area contributed by atoms with E-state index in [0.717, 1.165) is 12.3 Å². The molecule has 5 heteroatoms.